The monoisotopic (exact) mass is 382 g/mol. The number of fused-ring (bicyclic) bond motifs is 1. The Hall–Kier alpha value is -3.16. The van der Waals surface area contributed by atoms with Crippen LogP contribution in [0.3, 0.4) is 0 Å². The summed E-state index contributed by atoms with van der Waals surface area (Å²) in [6.07, 6.45) is 3.61. The minimum Gasteiger partial charge on any atom is -0.384 e. The first-order valence-electron chi connectivity index (χ1n) is 9.48. The fourth-order valence-corrected chi connectivity index (χ4v) is 3.23. The Bertz CT molecular complexity index is 935. The highest BCUT2D eigenvalue weighted by atomic mass is 16.2. The maximum Gasteiger partial charge on any atom is 0.277 e. The lowest BCUT2D eigenvalue weighted by Crippen LogP contribution is -2.36. The van der Waals surface area contributed by atoms with Gasteiger partial charge in [-0.1, -0.05) is 31.2 Å². The van der Waals surface area contributed by atoms with Crippen molar-refractivity contribution in [2.45, 2.75) is 51.7 Å². The van der Waals surface area contributed by atoms with Crippen LogP contribution in [0, 0.1) is 5.41 Å². The van der Waals surface area contributed by atoms with Gasteiger partial charge in [0.25, 0.3) is 5.56 Å². The number of anilines is 1. The van der Waals surface area contributed by atoms with Crippen LogP contribution < -0.4 is 21.9 Å². The average Bonchev–Trinajstić information content (AvgIpc) is 3.13. The van der Waals surface area contributed by atoms with Crippen LogP contribution in [0.4, 0.5) is 5.69 Å². The molecule has 1 amide bonds. The molecule has 1 aromatic heterocycles. The number of hydrogen-bond donors (Lipinski definition) is 4. The molecule has 0 saturated carbocycles. The molecule has 1 aromatic carbocycles. The number of nitrogens with two attached hydrogens (primary N) is 1. The van der Waals surface area contributed by atoms with E-state index in [9.17, 15) is 9.59 Å². The van der Waals surface area contributed by atoms with Crippen molar-refractivity contribution < 1.29 is 4.79 Å². The topological polar surface area (TPSA) is 126 Å². The molecule has 1 aliphatic rings. The molecule has 1 aliphatic heterocycles. The van der Waals surface area contributed by atoms with Gasteiger partial charge in [0, 0.05) is 24.6 Å². The highest BCUT2D eigenvalue weighted by Crippen LogP contribution is 2.23. The second-order valence-corrected chi connectivity index (χ2v) is 7.10. The Kier molecular flexibility index (Phi) is 5.77. The molecule has 1 unspecified atom stereocenters. The van der Waals surface area contributed by atoms with Crippen molar-refractivity contribution in [3.8, 4) is 0 Å². The van der Waals surface area contributed by atoms with Gasteiger partial charge in [0.1, 0.15) is 23.4 Å². The molecule has 0 radical (unpaired) electrons. The van der Waals surface area contributed by atoms with Crippen molar-refractivity contribution in [2.75, 3.05) is 5.32 Å². The van der Waals surface area contributed by atoms with E-state index >= 15 is 0 Å². The molecule has 2 atom stereocenters. The van der Waals surface area contributed by atoms with Crippen molar-refractivity contribution in [1.29, 1.82) is 5.41 Å². The lowest BCUT2D eigenvalue weighted by Gasteiger charge is -2.17. The Balaban J connectivity index is 1.72. The van der Waals surface area contributed by atoms with Crippen LogP contribution >= 0.6 is 0 Å². The van der Waals surface area contributed by atoms with E-state index in [4.69, 9.17) is 11.1 Å². The van der Waals surface area contributed by atoms with Gasteiger partial charge < -0.3 is 16.4 Å². The number of rotatable bonds is 7. The van der Waals surface area contributed by atoms with E-state index in [0.29, 0.717) is 36.5 Å². The fraction of sp³-hybridized carbons (Fsp3) is 0.400. The van der Waals surface area contributed by atoms with Crippen LogP contribution in [-0.2, 0) is 17.8 Å². The molecule has 3 rings (SSSR count). The quantitative estimate of drug-likeness (QED) is 0.427. The van der Waals surface area contributed by atoms with Gasteiger partial charge in [-0.05, 0) is 25.3 Å². The van der Waals surface area contributed by atoms with Crippen LogP contribution in [-0.4, -0.2) is 27.3 Å². The van der Waals surface area contributed by atoms with E-state index in [-0.39, 0.29) is 23.3 Å². The van der Waals surface area contributed by atoms with E-state index in [2.05, 4.69) is 15.6 Å². The van der Waals surface area contributed by atoms with Gasteiger partial charge in [0.15, 0.2) is 0 Å². The predicted octanol–water partition coefficient (Wildman–Crippen LogP) is 1.54. The van der Waals surface area contributed by atoms with E-state index < -0.39 is 6.04 Å². The smallest absolute Gasteiger partial charge is 0.277 e. The maximum atomic E-state index is 12.9. The SMILES string of the molecule is CCC(C)Nc1cnc2n(c1=O)[C@H](C(=O)NCc1ccc(C(=N)N)cc1)CC2. The number of amides is 1. The molecule has 0 bridgehead atoms. The van der Waals surface area contributed by atoms with Crippen molar-refractivity contribution in [3.05, 3.63) is 57.8 Å². The summed E-state index contributed by atoms with van der Waals surface area (Å²) in [5.74, 6) is 0.455. The Morgan fingerprint density at radius 1 is 1.39 bits per heavy atom. The van der Waals surface area contributed by atoms with Gasteiger partial charge >= 0.3 is 0 Å². The second-order valence-electron chi connectivity index (χ2n) is 7.10. The summed E-state index contributed by atoms with van der Waals surface area (Å²) in [7, 11) is 0. The maximum absolute atomic E-state index is 12.9. The van der Waals surface area contributed by atoms with Crippen LogP contribution in [0.5, 0.6) is 0 Å². The lowest BCUT2D eigenvalue weighted by atomic mass is 10.1. The zero-order chi connectivity index (χ0) is 20.3. The highest BCUT2D eigenvalue weighted by molar-refractivity contribution is 5.94. The van der Waals surface area contributed by atoms with Crippen molar-refractivity contribution in [2.24, 2.45) is 5.73 Å². The number of amidine groups is 1. The van der Waals surface area contributed by atoms with Gasteiger partial charge in [-0.25, -0.2) is 4.98 Å². The number of carbonyl (C=O) groups is 1. The molecule has 0 spiro atoms. The van der Waals surface area contributed by atoms with Crippen LogP contribution in [0.15, 0.2) is 35.3 Å². The predicted molar refractivity (Wildman–Crippen MR) is 109 cm³/mol. The van der Waals surface area contributed by atoms with E-state index in [0.717, 1.165) is 12.0 Å². The summed E-state index contributed by atoms with van der Waals surface area (Å²) < 4.78 is 1.51. The molecule has 0 aliphatic carbocycles. The zero-order valence-electron chi connectivity index (χ0n) is 16.2. The van der Waals surface area contributed by atoms with Gasteiger partial charge in [-0.15, -0.1) is 0 Å². The third-order valence-electron chi connectivity index (χ3n) is 5.07. The van der Waals surface area contributed by atoms with Crippen LogP contribution in [0.1, 0.15) is 49.7 Å². The number of nitrogen functional groups attached to an aromatic ring is 1. The molecule has 0 saturated heterocycles. The first-order chi connectivity index (χ1) is 13.4. The lowest BCUT2D eigenvalue weighted by molar-refractivity contribution is -0.124. The Labute approximate surface area is 163 Å². The number of aryl methyl sites for hydroxylation is 1. The minimum atomic E-state index is -0.551. The molecule has 8 nitrogen and oxygen atoms in total. The van der Waals surface area contributed by atoms with Gasteiger partial charge in [0.2, 0.25) is 5.91 Å². The van der Waals surface area contributed by atoms with E-state index in [1.54, 1.807) is 18.3 Å². The molecule has 8 heteroatoms. The summed E-state index contributed by atoms with van der Waals surface area (Å²) >= 11 is 0. The number of hydrogen-bond acceptors (Lipinski definition) is 5. The standard InChI is InChI=1S/C20H26N6O2/c1-3-12(2)25-15-11-23-17-9-8-16(26(17)20(15)28)19(27)24-10-13-4-6-14(7-5-13)18(21)22/h4-7,11-12,16,25H,3,8-10H2,1-2H3,(H3,21,22)(H,24,27)/t12?,16-/m0/s1. The fourth-order valence-electron chi connectivity index (χ4n) is 3.23. The molecule has 148 valence electrons. The number of nitrogens with one attached hydrogen (secondary N) is 3. The second kappa shape index (κ2) is 8.24. The van der Waals surface area contributed by atoms with Gasteiger partial charge in [-0.2, -0.15) is 0 Å². The third-order valence-corrected chi connectivity index (χ3v) is 5.07. The van der Waals surface area contributed by atoms with Gasteiger partial charge in [0.05, 0.1) is 6.20 Å². The minimum absolute atomic E-state index is 0.00632. The molecule has 2 aromatic rings. The molecular weight excluding hydrogens is 356 g/mol. The molecular formula is C20H26N6O2. The van der Waals surface area contributed by atoms with Crippen molar-refractivity contribution in [1.82, 2.24) is 14.9 Å². The first kappa shape index (κ1) is 19.6. The normalized spacial score (nSPS) is 16.3. The first-order valence-corrected chi connectivity index (χ1v) is 9.48. The van der Waals surface area contributed by atoms with E-state index in [1.165, 1.54) is 4.57 Å². The van der Waals surface area contributed by atoms with E-state index in [1.807, 2.05) is 26.0 Å². The van der Waals surface area contributed by atoms with Gasteiger partial charge in [-0.3, -0.25) is 19.6 Å². The third kappa shape index (κ3) is 4.05. The summed E-state index contributed by atoms with van der Waals surface area (Å²) in [6, 6.07) is 6.74. The summed E-state index contributed by atoms with van der Waals surface area (Å²) in [5.41, 5.74) is 7.21. The van der Waals surface area contributed by atoms with Crippen LogP contribution in [0.25, 0.3) is 0 Å². The zero-order valence-corrected chi connectivity index (χ0v) is 16.2. The number of benzene rings is 1. The molecule has 2 heterocycles. The Morgan fingerprint density at radius 2 is 2.11 bits per heavy atom. The molecule has 0 fully saturated rings. The average molecular weight is 382 g/mol. The number of carbonyl (C=O) groups excluding carboxylic acids is 1. The molecule has 5 N–H and O–H groups in total. The Morgan fingerprint density at radius 3 is 2.75 bits per heavy atom. The van der Waals surface area contributed by atoms with Crippen molar-refractivity contribution >= 4 is 17.4 Å². The van der Waals surface area contributed by atoms with Crippen LogP contribution in [0.2, 0.25) is 0 Å². The van der Waals surface area contributed by atoms with Crippen molar-refractivity contribution in [3.63, 3.8) is 0 Å². The summed E-state index contributed by atoms with van der Waals surface area (Å²) in [6.45, 7) is 4.38. The largest absolute Gasteiger partial charge is 0.384 e. The highest BCUT2D eigenvalue weighted by Gasteiger charge is 2.31. The summed E-state index contributed by atoms with van der Waals surface area (Å²) in [4.78, 5) is 29.9. The number of nitrogens with zero attached hydrogens (tertiary/aromatic N) is 2. The number of aromatic nitrogens is 2. The summed E-state index contributed by atoms with van der Waals surface area (Å²) in [5, 5.41) is 13.5. The molecule has 28 heavy (non-hydrogen) atoms.